The summed E-state index contributed by atoms with van der Waals surface area (Å²) in [6.07, 6.45) is 5.07. The highest BCUT2D eigenvalue weighted by molar-refractivity contribution is 6.29. The number of fused-ring (bicyclic) bond motifs is 2. The van der Waals surface area contributed by atoms with Gasteiger partial charge in [0, 0.05) is 6.07 Å². The van der Waals surface area contributed by atoms with Gasteiger partial charge < -0.3 is 4.42 Å². The molecule has 1 aliphatic rings. The lowest BCUT2D eigenvalue weighted by Crippen LogP contribution is -2.32. The van der Waals surface area contributed by atoms with E-state index in [1.54, 1.807) is 23.3 Å². The molecule has 2 heterocycles. The largest absolute Gasteiger partial charge is 0.463 e. The van der Waals surface area contributed by atoms with E-state index < -0.39 is 0 Å². The maximum Gasteiger partial charge on any atom is 0.243 e. The molecule has 0 fully saturated rings. The van der Waals surface area contributed by atoms with E-state index in [9.17, 15) is 4.79 Å². The van der Waals surface area contributed by atoms with Crippen molar-refractivity contribution in [3.8, 4) is 0 Å². The summed E-state index contributed by atoms with van der Waals surface area (Å²) in [7, 11) is 0. The van der Waals surface area contributed by atoms with Crippen LogP contribution in [0, 0.1) is 0 Å². The number of anilines is 1. The Morgan fingerprint density at radius 3 is 2.92 bits per heavy atom. The zero-order valence-electron chi connectivity index (χ0n) is 13.2. The van der Waals surface area contributed by atoms with Gasteiger partial charge in [0.15, 0.2) is 5.58 Å². The summed E-state index contributed by atoms with van der Waals surface area (Å²) in [5.41, 5.74) is 5.35. The van der Waals surface area contributed by atoms with Gasteiger partial charge in [0.2, 0.25) is 5.91 Å². The van der Waals surface area contributed by atoms with Crippen molar-refractivity contribution in [2.24, 2.45) is 0 Å². The number of benzene rings is 1. The first-order valence-corrected chi connectivity index (χ1v) is 8.59. The normalized spacial score (nSPS) is 13.2. The van der Waals surface area contributed by atoms with E-state index in [0.29, 0.717) is 17.9 Å². The Bertz CT molecular complexity index is 903. The highest BCUT2D eigenvalue weighted by atomic mass is 35.5. The summed E-state index contributed by atoms with van der Waals surface area (Å²) in [6.45, 7) is 0.467. The molecule has 1 aromatic carbocycles. The molecule has 4 rings (SSSR count). The smallest absolute Gasteiger partial charge is 0.243 e. The molecule has 0 spiro atoms. The van der Waals surface area contributed by atoms with Crippen LogP contribution in [0.2, 0.25) is 0 Å². The topological polar surface area (TPSA) is 46.3 Å². The van der Waals surface area contributed by atoms with Crippen molar-refractivity contribution >= 4 is 34.4 Å². The third kappa shape index (κ3) is 2.78. The summed E-state index contributed by atoms with van der Waals surface area (Å²) < 4.78 is 5.32. The van der Waals surface area contributed by atoms with E-state index >= 15 is 0 Å². The summed E-state index contributed by atoms with van der Waals surface area (Å²) in [6, 6.07) is 11.9. The van der Waals surface area contributed by atoms with Crippen molar-refractivity contribution in [2.45, 2.75) is 25.8 Å². The first-order valence-electron chi connectivity index (χ1n) is 8.06. The molecule has 0 aliphatic heterocycles. The van der Waals surface area contributed by atoms with E-state index in [1.165, 1.54) is 17.5 Å². The second kappa shape index (κ2) is 6.29. The molecule has 4 nitrogen and oxygen atoms in total. The third-order valence-electron chi connectivity index (χ3n) is 4.49. The molecule has 0 bridgehead atoms. The molecule has 5 heteroatoms. The first kappa shape index (κ1) is 15.2. The molecule has 0 radical (unpaired) electrons. The van der Waals surface area contributed by atoms with E-state index in [2.05, 4.69) is 23.2 Å². The molecule has 1 amide bonds. The van der Waals surface area contributed by atoms with Crippen molar-refractivity contribution in [1.29, 1.82) is 0 Å². The minimum absolute atomic E-state index is 0.0734. The Morgan fingerprint density at radius 1 is 1.17 bits per heavy atom. The van der Waals surface area contributed by atoms with Crippen LogP contribution in [0.5, 0.6) is 0 Å². The second-order valence-electron chi connectivity index (χ2n) is 6.04. The molecular formula is C19H17ClN2O2. The Balaban J connectivity index is 1.67. The van der Waals surface area contributed by atoms with Crippen LogP contribution in [0.1, 0.15) is 23.1 Å². The summed E-state index contributed by atoms with van der Waals surface area (Å²) in [5.74, 6) is 0.360. The number of amides is 1. The zero-order chi connectivity index (χ0) is 16.5. The fraction of sp³-hybridized carbons (Fsp3) is 0.263. The number of carbonyl (C=O) groups excluding carboxylic acids is 1. The standard InChI is InChI=1S/C19H17ClN2O2/c20-11-19(23)22(18-7-6-17-16(21-18)8-9-24-17)12-13-4-5-14-2-1-3-15(14)10-13/h4-10H,1-3,11-12H2. The summed E-state index contributed by atoms with van der Waals surface area (Å²) in [5, 5.41) is 0. The van der Waals surface area contributed by atoms with Crippen LogP contribution in [0.3, 0.4) is 0 Å². The lowest BCUT2D eigenvalue weighted by molar-refractivity contribution is -0.116. The predicted molar refractivity (Wildman–Crippen MR) is 94.4 cm³/mol. The number of halogens is 1. The van der Waals surface area contributed by atoms with Crippen LogP contribution in [-0.2, 0) is 24.2 Å². The number of hydrogen-bond acceptors (Lipinski definition) is 3. The SMILES string of the molecule is O=C(CCl)N(Cc1ccc2c(c1)CCC2)c1ccc2occc2n1. The number of aromatic nitrogens is 1. The van der Waals surface area contributed by atoms with Crippen LogP contribution in [0.4, 0.5) is 5.82 Å². The minimum Gasteiger partial charge on any atom is -0.463 e. The number of carbonyl (C=O) groups is 1. The van der Waals surface area contributed by atoms with Crippen molar-refractivity contribution in [2.75, 3.05) is 10.8 Å². The maximum atomic E-state index is 12.4. The van der Waals surface area contributed by atoms with Crippen LogP contribution < -0.4 is 4.90 Å². The van der Waals surface area contributed by atoms with E-state index in [1.807, 2.05) is 6.07 Å². The maximum absolute atomic E-state index is 12.4. The molecule has 2 aromatic heterocycles. The monoisotopic (exact) mass is 340 g/mol. The van der Waals surface area contributed by atoms with Gasteiger partial charge in [-0.2, -0.15) is 0 Å². The molecule has 0 saturated carbocycles. The molecule has 3 aromatic rings. The van der Waals surface area contributed by atoms with Crippen molar-refractivity contribution in [1.82, 2.24) is 4.98 Å². The molecule has 0 unspecified atom stereocenters. The molecule has 0 saturated heterocycles. The lowest BCUT2D eigenvalue weighted by Gasteiger charge is -2.21. The number of alkyl halides is 1. The number of rotatable bonds is 4. The van der Waals surface area contributed by atoms with Gasteiger partial charge >= 0.3 is 0 Å². The zero-order valence-corrected chi connectivity index (χ0v) is 13.9. The van der Waals surface area contributed by atoms with E-state index in [0.717, 1.165) is 23.9 Å². The second-order valence-corrected chi connectivity index (χ2v) is 6.31. The van der Waals surface area contributed by atoms with Gasteiger partial charge in [0.1, 0.15) is 17.2 Å². The average molecular weight is 341 g/mol. The molecular weight excluding hydrogens is 324 g/mol. The molecule has 0 atom stereocenters. The predicted octanol–water partition coefficient (Wildman–Crippen LogP) is 4.09. The Labute approximate surface area is 145 Å². The summed E-state index contributed by atoms with van der Waals surface area (Å²) in [4.78, 5) is 18.5. The molecule has 122 valence electrons. The van der Waals surface area contributed by atoms with Crippen molar-refractivity contribution < 1.29 is 9.21 Å². The number of hydrogen-bond donors (Lipinski definition) is 0. The van der Waals surface area contributed by atoms with E-state index in [4.69, 9.17) is 16.0 Å². The van der Waals surface area contributed by atoms with Crippen molar-refractivity contribution in [3.63, 3.8) is 0 Å². The molecule has 24 heavy (non-hydrogen) atoms. The van der Waals surface area contributed by atoms with Crippen LogP contribution >= 0.6 is 11.6 Å². The Morgan fingerprint density at radius 2 is 2.04 bits per heavy atom. The number of furan rings is 1. The summed E-state index contributed by atoms with van der Waals surface area (Å²) >= 11 is 5.82. The number of aryl methyl sites for hydroxylation is 2. The van der Waals surface area contributed by atoms with Gasteiger partial charge in [-0.1, -0.05) is 18.2 Å². The average Bonchev–Trinajstić information content (AvgIpc) is 3.26. The highest BCUT2D eigenvalue weighted by Gasteiger charge is 2.19. The fourth-order valence-corrected chi connectivity index (χ4v) is 3.41. The number of pyridine rings is 1. The van der Waals surface area contributed by atoms with Gasteiger partial charge in [-0.05, 0) is 48.1 Å². The quantitative estimate of drug-likeness (QED) is 0.672. The fourth-order valence-electron chi connectivity index (χ4n) is 3.27. The Kier molecular flexibility index (Phi) is 3.98. The third-order valence-corrected chi connectivity index (χ3v) is 4.72. The van der Waals surface area contributed by atoms with Gasteiger partial charge in [-0.25, -0.2) is 4.98 Å². The molecule has 0 N–H and O–H groups in total. The van der Waals surface area contributed by atoms with Crippen LogP contribution in [0.15, 0.2) is 47.1 Å². The first-order chi connectivity index (χ1) is 11.7. The molecule has 1 aliphatic carbocycles. The Hall–Kier alpha value is -2.33. The van der Waals surface area contributed by atoms with Gasteiger partial charge in [0.25, 0.3) is 0 Å². The van der Waals surface area contributed by atoms with Crippen molar-refractivity contribution in [3.05, 3.63) is 59.4 Å². The van der Waals surface area contributed by atoms with Gasteiger partial charge in [-0.15, -0.1) is 11.6 Å². The number of nitrogens with zero attached hydrogens (tertiary/aromatic N) is 2. The minimum atomic E-state index is -0.160. The van der Waals surface area contributed by atoms with Gasteiger partial charge in [-0.3, -0.25) is 9.69 Å². The van der Waals surface area contributed by atoms with Crippen LogP contribution in [0.25, 0.3) is 11.1 Å². The lowest BCUT2D eigenvalue weighted by atomic mass is 10.1. The van der Waals surface area contributed by atoms with Gasteiger partial charge in [0.05, 0.1) is 12.8 Å². The van der Waals surface area contributed by atoms with E-state index in [-0.39, 0.29) is 11.8 Å². The van der Waals surface area contributed by atoms with Crippen LogP contribution in [-0.4, -0.2) is 16.8 Å². The highest BCUT2D eigenvalue weighted by Crippen LogP contribution is 2.25.